The van der Waals surface area contributed by atoms with E-state index in [-0.39, 0.29) is 10.6 Å². The molecule has 0 bridgehead atoms. The van der Waals surface area contributed by atoms with Gasteiger partial charge in [0, 0.05) is 17.0 Å². The second kappa shape index (κ2) is 6.63. The van der Waals surface area contributed by atoms with Crippen molar-refractivity contribution < 1.29 is 4.92 Å². The number of rotatable bonds is 6. The average Bonchev–Trinajstić information content (AvgIpc) is 2.27. The molecule has 1 aromatic carbocycles. The Labute approximate surface area is 104 Å². The lowest BCUT2D eigenvalue weighted by molar-refractivity contribution is -0.384. The number of alkyl halides is 1. The molecule has 0 aliphatic carbocycles. The Morgan fingerprint density at radius 2 is 1.94 bits per heavy atom. The second-order valence-electron chi connectivity index (χ2n) is 3.85. The molecule has 1 aromatic rings. The van der Waals surface area contributed by atoms with Crippen LogP contribution in [0.2, 0.25) is 0 Å². The Morgan fingerprint density at radius 3 is 2.44 bits per heavy atom. The maximum Gasteiger partial charge on any atom is 0.269 e. The zero-order valence-corrected chi connectivity index (χ0v) is 10.9. The van der Waals surface area contributed by atoms with Gasteiger partial charge in [0.2, 0.25) is 0 Å². The monoisotopic (exact) mass is 285 g/mol. The van der Waals surface area contributed by atoms with Crippen molar-refractivity contribution in [2.45, 2.75) is 37.4 Å². The molecule has 0 radical (unpaired) electrons. The van der Waals surface area contributed by atoms with E-state index < -0.39 is 0 Å². The van der Waals surface area contributed by atoms with E-state index in [1.807, 2.05) is 12.1 Å². The number of nitro groups is 1. The lowest BCUT2D eigenvalue weighted by Gasteiger charge is -2.07. The first-order valence-electron chi connectivity index (χ1n) is 5.51. The van der Waals surface area contributed by atoms with Crippen LogP contribution in [0.5, 0.6) is 0 Å². The van der Waals surface area contributed by atoms with Gasteiger partial charge in [-0.3, -0.25) is 10.1 Å². The molecule has 0 N–H and O–H groups in total. The fraction of sp³-hybridized carbons (Fsp3) is 0.500. The molecule has 88 valence electrons. The van der Waals surface area contributed by atoms with E-state index in [9.17, 15) is 10.1 Å². The minimum atomic E-state index is -0.367. The van der Waals surface area contributed by atoms with Crippen molar-refractivity contribution in [3.63, 3.8) is 0 Å². The average molecular weight is 286 g/mol. The predicted octanol–water partition coefficient (Wildman–Crippen LogP) is 4.09. The molecule has 4 heteroatoms. The largest absolute Gasteiger partial charge is 0.269 e. The molecule has 0 spiro atoms. The molecule has 1 unspecified atom stereocenters. The molecular weight excluding hydrogens is 270 g/mol. The molecule has 0 saturated heterocycles. The van der Waals surface area contributed by atoms with Crippen LogP contribution in [0.1, 0.15) is 31.7 Å². The first-order chi connectivity index (χ1) is 7.63. The van der Waals surface area contributed by atoms with E-state index >= 15 is 0 Å². The Balaban J connectivity index is 2.46. The first-order valence-corrected chi connectivity index (χ1v) is 6.42. The number of hydrogen-bond donors (Lipinski definition) is 0. The van der Waals surface area contributed by atoms with Gasteiger partial charge in [0.15, 0.2) is 0 Å². The summed E-state index contributed by atoms with van der Waals surface area (Å²) in [6.07, 6.45) is 4.39. The minimum Gasteiger partial charge on any atom is -0.258 e. The van der Waals surface area contributed by atoms with Crippen LogP contribution in [0, 0.1) is 10.1 Å². The van der Waals surface area contributed by atoms with Gasteiger partial charge in [-0.2, -0.15) is 0 Å². The quantitative estimate of drug-likeness (QED) is 0.449. The molecule has 16 heavy (non-hydrogen) atoms. The fourth-order valence-electron chi connectivity index (χ4n) is 1.57. The van der Waals surface area contributed by atoms with E-state index in [0.717, 1.165) is 18.4 Å². The fourth-order valence-corrected chi connectivity index (χ4v) is 2.25. The Hall–Kier alpha value is -0.900. The van der Waals surface area contributed by atoms with E-state index in [4.69, 9.17) is 0 Å². The number of nitro benzene ring substituents is 1. The summed E-state index contributed by atoms with van der Waals surface area (Å²) in [5.41, 5.74) is 1.32. The molecule has 0 fully saturated rings. The third-order valence-corrected chi connectivity index (χ3v) is 3.41. The predicted molar refractivity (Wildman–Crippen MR) is 69.0 cm³/mol. The maximum absolute atomic E-state index is 10.5. The third-order valence-electron chi connectivity index (χ3n) is 2.50. The standard InChI is InChI=1S/C12H16BrNO2/c1-2-3-11(13)7-4-10-5-8-12(9-6-10)14(15)16/h5-6,8-9,11H,2-4,7H2,1H3. The summed E-state index contributed by atoms with van der Waals surface area (Å²) in [4.78, 5) is 10.6. The minimum absolute atomic E-state index is 0.160. The molecule has 1 rings (SSSR count). The lowest BCUT2D eigenvalue weighted by atomic mass is 10.1. The van der Waals surface area contributed by atoms with Gasteiger partial charge in [-0.1, -0.05) is 41.4 Å². The summed E-state index contributed by atoms with van der Waals surface area (Å²) in [6.45, 7) is 2.17. The smallest absolute Gasteiger partial charge is 0.258 e. The molecule has 1 atom stereocenters. The number of aryl methyl sites for hydroxylation is 1. The summed E-state index contributed by atoms with van der Waals surface area (Å²) in [5, 5.41) is 10.5. The van der Waals surface area contributed by atoms with E-state index in [1.165, 1.54) is 12.8 Å². The number of hydrogen-bond acceptors (Lipinski definition) is 2. The van der Waals surface area contributed by atoms with Gasteiger partial charge < -0.3 is 0 Å². The molecule has 0 aliphatic rings. The molecule has 3 nitrogen and oxygen atoms in total. The van der Waals surface area contributed by atoms with Gasteiger partial charge in [0.1, 0.15) is 0 Å². The Morgan fingerprint density at radius 1 is 1.31 bits per heavy atom. The van der Waals surface area contributed by atoms with E-state index in [2.05, 4.69) is 22.9 Å². The Kier molecular flexibility index (Phi) is 5.46. The summed E-state index contributed by atoms with van der Waals surface area (Å²) >= 11 is 3.62. The summed E-state index contributed by atoms with van der Waals surface area (Å²) in [7, 11) is 0. The van der Waals surface area contributed by atoms with Crippen molar-refractivity contribution in [1.29, 1.82) is 0 Å². The van der Waals surface area contributed by atoms with Crippen molar-refractivity contribution in [2.75, 3.05) is 0 Å². The van der Waals surface area contributed by atoms with Crippen LogP contribution in [-0.4, -0.2) is 9.75 Å². The van der Waals surface area contributed by atoms with Gasteiger partial charge in [-0.15, -0.1) is 0 Å². The highest BCUT2D eigenvalue weighted by Crippen LogP contribution is 2.17. The highest BCUT2D eigenvalue weighted by molar-refractivity contribution is 9.09. The number of non-ortho nitro benzene ring substituents is 1. The van der Waals surface area contributed by atoms with Crippen LogP contribution in [0.3, 0.4) is 0 Å². The maximum atomic E-state index is 10.5. The molecule has 0 amide bonds. The Bertz CT molecular complexity index is 337. The van der Waals surface area contributed by atoms with E-state index in [0.29, 0.717) is 4.83 Å². The molecular formula is C12H16BrNO2. The van der Waals surface area contributed by atoms with Crippen molar-refractivity contribution in [3.05, 3.63) is 39.9 Å². The number of nitrogens with zero attached hydrogens (tertiary/aromatic N) is 1. The van der Waals surface area contributed by atoms with Crippen LogP contribution >= 0.6 is 15.9 Å². The highest BCUT2D eigenvalue weighted by Gasteiger charge is 2.06. The van der Waals surface area contributed by atoms with Crippen molar-refractivity contribution in [3.8, 4) is 0 Å². The first kappa shape index (κ1) is 13.2. The third kappa shape index (κ3) is 4.31. The lowest BCUT2D eigenvalue weighted by Crippen LogP contribution is -1.99. The number of halogens is 1. The zero-order valence-electron chi connectivity index (χ0n) is 9.36. The summed E-state index contributed by atoms with van der Waals surface area (Å²) in [5.74, 6) is 0. The topological polar surface area (TPSA) is 43.1 Å². The van der Waals surface area contributed by atoms with Crippen molar-refractivity contribution >= 4 is 21.6 Å². The molecule has 0 heterocycles. The van der Waals surface area contributed by atoms with Crippen molar-refractivity contribution in [2.24, 2.45) is 0 Å². The zero-order chi connectivity index (χ0) is 12.0. The SMILES string of the molecule is CCCC(Br)CCc1ccc([N+](=O)[O-])cc1. The second-order valence-corrected chi connectivity index (χ2v) is 5.14. The summed E-state index contributed by atoms with van der Waals surface area (Å²) < 4.78 is 0. The van der Waals surface area contributed by atoms with Gasteiger partial charge in [-0.25, -0.2) is 0 Å². The van der Waals surface area contributed by atoms with Crippen LogP contribution in [0.15, 0.2) is 24.3 Å². The van der Waals surface area contributed by atoms with E-state index in [1.54, 1.807) is 12.1 Å². The molecule has 0 saturated carbocycles. The van der Waals surface area contributed by atoms with Crippen molar-refractivity contribution in [1.82, 2.24) is 0 Å². The van der Waals surface area contributed by atoms with Gasteiger partial charge in [0.05, 0.1) is 4.92 Å². The van der Waals surface area contributed by atoms with Gasteiger partial charge in [-0.05, 0) is 24.8 Å². The highest BCUT2D eigenvalue weighted by atomic mass is 79.9. The van der Waals surface area contributed by atoms with Crippen LogP contribution in [0.4, 0.5) is 5.69 Å². The number of benzene rings is 1. The summed E-state index contributed by atoms with van der Waals surface area (Å²) in [6, 6.07) is 6.81. The molecule has 0 aliphatic heterocycles. The van der Waals surface area contributed by atoms with Crippen LogP contribution in [0.25, 0.3) is 0 Å². The van der Waals surface area contributed by atoms with Gasteiger partial charge >= 0.3 is 0 Å². The van der Waals surface area contributed by atoms with Crippen LogP contribution in [-0.2, 0) is 6.42 Å². The van der Waals surface area contributed by atoms with Crippen LogP contribution < -0.4 is 0 Å². The molecule has 0 aromatic heterocycles. The normalized spacial score (nSPS) is 12.4. The van der Waals surface area contributed by atoms with Gasteiger partial charge in [0.25, 0.3) is 5.69 Å².